The predicted octanol–water partition coefficient (Wildman–Crippen LogP) is 2.39. The van der Waals surface area contributed by atoms with E-state index < -0.39 is 0 Å². The van der Waals surface area contributed by atoms with E-state index in [0.717, 1.165) is 15.8 Å². The van der Waals surface area contributed by atoms with Gasteiger partial charge in [0, 0.05) is 0 Å². The molecule has 0 radical (unpaired) electrons. The van der Waals surface area contributed by atoms with Crippen LogP contribution in [0.1, 0.15) is 5.56 Å². The molecule has 3 rings (SSSR count). The number of amides is 1. The molecule has 0 unspecified atom stereocenters. The van der Waals surface area contributed by atoms with Crippen molar-refractivity contribution in [1.29, 1.82) is 0 Å². The monoisotopic (exact) mass is 246 g/mol. The number of benzene rings is 1. The molecule has 0 fully saturated rings. The largest absolute Gasteiger partial charge is 0.503 e. The number of aliphatic hydroxyl groups is 1. The van der Waals surface area contributed by atoms with Gasteiger partial charge in [-0.2, -0.15) is 0 Å². The van der Waals surface area contributed by atoms with Crippen LogP contribution in [0.2, 0.25) is 0 Å². The fraction of sp³-hybridized carbons (Fsp3) is 0.167. The van der Waals surface area contributed by atoms with Gasteiger partial charge in [-0.05, 0) is 30.7 Å². The van der Waals surface area contributed by atoms with Crippen molar-refractivity contribution in [2.24, 2.45) is 0 Å². The van der Waals surface area contributed by atoms with Crippen LogP contribution in [-0.2, 0) is 4.79 Å². The van der Waals surface area contributed by atoms with Crippen LogP contribution in [-0.4, -0.2) is 22.5 Å². The molecule has 2 heterocycles. The number of hydrogen-bond acceptors (Lipinski definition) is 4. The minimum Gasteiger partial charge on any atom is -0.503 e. The third kappa shape index (κ3) is 1.59. The van der Waals surface area contributed by atoms with Crippen LogP contribution < -0.4 is 4.90 Å². The van der Waals surface area contributed by atoms with Crippen LogP contribution in [0.4, 0.5) is 5.13 Å². The van der Waals surface area contributed by atoms with Crippen molar-refractivity contribution < 1.29 is 9.90 Å². The lowest BCUT2D eigenvalue weighted by atomic mass is 10.2. The predicted molar refractivity (Wildman–Crippen MR) is 67.4 cm³/mol. The van der Waals surface area contributed by atoms with Crippen molar-refractivity contribution in [1.82, 2.24) is 4.98 Å². The number of hydrogen-bond donors (Lipinski definition) is 1. The number of fused-ring (bicyclic) bond motifs is 1. The molecule has 0 spiro atoms. The van der Waals surface area contributed by atoms with Gasteiger partial charge in [0.2, 0.25) is 0 Å². The number of thiazole rings is 1. The lowest BCUT2D eigenvalue weighted by Crippen LogP contribution is -2.26. The quantitative estimate of drug-likeness (QED) is 0.840. The first-order chi connectivity index (χ1) is 8.15. The second-order valence-corrected chi connectivity index (χ2v) is 4.98. The summed E-state index contributed by atoms with van der Waals surface area (Å²) in [5.74, 6) is -0.568. The molecule has 86 valence electrons. The van der Waals surface area contributed by atoms with E-state index >= 15 is 0 Å². The highest BCUT2D eigenvalue weighted by Gasteiger charge is 2.26. The Balaban J connectivity index is 2.05. The van der Waals surface area contributed by atoms with Crippen molar-refractivity contribution >= 4 is 32.6 Å². The molecule has 1 amide bonds. The standard InChI is InChI=1S/C12H10N2O2S/c1-7-2-3-10-8(6-7)13-12(17-10)14-5-4-9(15)11(14)16/h2-4,6,15H,5H2,1H3. The summed E-state index contributed by atoms with van der Waals surface area (Å²) in [5.41, 5.74) is 2.03. The Labute approximate surface area is 102 Å². The normalized spacial score (nSPS) is 15.7. The van der Waals surface area contributed by atoms with E-state index in [2.05, 4.69) is 4.98 Å². The number of aromatic nitrogens is 1. The van der Waals surface area contributed by atoms with E-state index in [0.29, 0.717) is 11.7 Å². The molecule has 17 heavy (non-hydrogen) atoms. The first-order valence-corrected chi connectivity index (χ1v) is 6.05. The highest BCUT2D eigenvalue weighted by Crippen LogP contribution is 2.31. The Bertz CT molecular complexity index is 645. The zero-order valence-corrected chi connectivity index (χ0v) is 9.99. The summed E-state index contributed by atoms with van der Waals surface area (Å²) >= 11 is 1.46. The lowest BCUT2D eigenvalue weighted by molar-refractivity contribution is -0.116. The first kappa shape index (κ1) is 10.3. The zero-order valence-electron chi connectivity index (χ0n) is 9.17. The second kappa shape index (κ2) is 3.56. The lowest BCUT2D eigenvalue weighted by Gasteiger charge is -2.10. The van der Waals surface area contributed by atoms with Crippen LogP contribution in [0.5, 0.6) is 0 Å². The van der Waals surface area contributed by atoms with Crippen LogP contribution in [0, 0.1) is 6.92 Å². The number of anilines is 1. The number of aryl methyl sites for hydroxylation is 1. The van der Waals surface area contributed by atoms with E-state index in [9.17, 15) is 9.90 Å². The molecule has 1 N–H and O–H groups in total. The van der Waals surface area contributed by atoms with Gasteiger partial charge >= 0.3 is 0 Å². The maximum atomic E-state index is 11.6. The molecule has 1 aliphatic heterocycles. The van der Waals surface area contributed by atoms with Gasteiger partial charge in [0.25, 0.3) is 5.91 Å². The van der Waals surface area contributed by atoms with Gasteiger partial charge in [0.05, 0.1) is 16.8 Å². The Morgan fingerprint density at radius 3 is 3.00 bits per heavy atom. The summed E-state index contributed by atoms with van der Waals surface area (Å²) in [4.78, 5) is 17.5. The van der Waals surface area contributed by atoms with Gasteiger partial charge in [-0.25, -0.2) is 4.98 Å². The van der Waals surface area contributed by atoms with Crippen LogP contribution >= 0.6 is 11.3 Å². The van der Waals surface area contributed by atoms with Gasteiger partial charge in [-0.3, -0.25) is 9.69 Å². The summed E-state index contributed by atoms with van der Waals surface area (Å²) in [6.07, 6.45) is 1.50. The number of rotatable bonds is 1. The fourth-order valence-electron chi connectivity index (χ4n) is 1.79. The number of aliphatic hydroxyl groups excluding tert-OH is 1. The number of carbonyl (C=O) groups excluding carboxylic acids is 1. The Morgan fingerprint density at radius 1 is 1.47 bits per heavy atom. The zero-order chi connectivity index (χ0) is 12.0. The van der Waals surface area contributed by atoms with Crippen molar-refractivity contribution in [3.05, 3.63) is 35.6 Å². The molecule has 0 atom stereocenters. The minimum atomic E-state index is -0.374. The number of carbonyl (C=O) groups is 1. The third-order valence-electron chi connectivity index (χ3n) is 2.69. The minimum absolute atomic E-state index is 0.194. The summed E-state index contributed by atoms with van der Waals surface area (Å²) in [5, 5.41) is 9.93. The molecule has 1 aliphatic rings. The fourth-order valence-corrected chi connectivity index (χ4v) is 2.75. The van der Waals surface area contributed by atoms with Crippen LogP contribution in [0.25, 0.3) is 10.2 Å². The van der Waals surface area contributed by atoms with Gasteiger partial charge < -0.3 is 5.11 Å². The Morgan fingerprint density at radius 2 is 2.29 bits per heavy atom. The van der Waals surface area contributed by atoms with Crippen molar-refractivity contribution in [3.63, 3.8) is 0 Å². The Kier molecular flexibility index (Phi) is 2.16. The summed E-state index contributed by atoms with van der Waals surface area (Å²) in [6.45, 7) is 2.40. The topological polar surface area (TPSA) is 53.4 Å². The highest BCUT2D eigenvalue weighted by atomic mass is 32.1. The van der Waals surface area contributed by atoms with Gasteiger partial charge in [-0.1, -0.05) is 17.4 Å². The average molecular weight is 246 g/mol. The first-order valence-electron chi connectivity index (χ1n) is 5.23. The van der Waals surface area contributed by atoms with Gasteiger partial charge in [-0.15, -0.1) is 0 Å². The summed E-state index contributed by atoms with van der Waals surface area (Å²) in [7, 11) is 0. The molecule has 0 aliphatic carbocycles. The van der Waals surface area contributed by atoms with Gasteiger partial charge in [0.15, 0.2) is 10.9 Å². The third-order valence-corrected chi connectivity index (χ3v) is 3.75. The van der Waals surface area contributed by atoms with Crippen molar-refractivity contribution in [3.8, 4) is 0 Å². The molecular weight excluding hydrogens is 236 g/mol. The smallest absolute Gasteiger partial charge is 0.294 e. The average Bonchev–Trinajstić information content (AvgIpc) is 2.83. The summed E-state index contributed by atoms with van der Waals surface area (Å²) < 4.78 is 1.05. The molecule has 2 aromatic rings. The van der Waals surface area contributed by atoms with E-state index in [1.54, 1.807) is 0 Å². The van der Waals surface area contributed by atoms with Crippen LogP contribution in [0.3, 0.4) is 0 Å². The Hall–Kier alpha value is -1.88. The summed E-state index contributed by atoms with van der Waals surface area (Å²) in [6, 6.07) is 6.01. The highest BCUT2D eigenvalue weighted by molar-refractivity contribution is 7.22. The second-order valence-electron chi connectivity index (χ2n) is 3.97. The molecule has 1 aromatic heterocycles. The van der Waals surface area contributed by atoms with Gasteiger partial charge in [0.1, 0.15) is 0 Å². The maximum absolute atomic E-state index is 11.6. The van der Waals surface area contributed by atoms with Crippen LogP contribution in [0.15, 0.2) is 30.0 Å². The SMILES string of the molecule is Cc1ccc2sc(N3CC=C(O)C3=O)nc2c1. The van der Waals surface area contributed by atoms with Crippen molar-refractivity contribution in [2.45, 2.75) is 6.92 Å². The molecule has 1 aromatic carbocycles. The molecule has 0 saturated heterocycles. The molecule has 4 nitrogen and oxygen atoms in total. The molecule has 5 heteroatoms. The molecule has 0 saturated carbocycles. The molecule has 0 bridgehead atoms. The van der Waals surface area contributed by atoms with E-state index in [-0.39, 0.29) is 11.7 Å². The number of nitrogens with zero attached hydrogens (tertiary/aromatic N) is 2. The van der Waals surface area contributed by atoms with E-state index in [1.165, 1.54) is 22.3 Å². The maximum Gasteiger partial charge on any atom is 0.294 e. The van der Waals surface area contributed by atoms with Crippen molar-refractivity contribution in [2.75, 3.05) is 11.4 Å². The van der Waals surface area contributed by atoms with E-state index in [4.69, 9.17) is 0 Å². The molecular formula is C12H10N2O2S. The van der Waals surface area contributed by atoms with E-state index in [1.807, 2.05) is 25.1 Å².